The normalized spacial score (nSPS) is 12.2. The minimum atomic E-state index is -1.15. The highest BCUT2D eigenvalue weighted by molar-refractivity contribution is 6.38. The zero-order valence-corrected chi connectivity index (χ0v) is 10.9. The van der Waals surface area contributed by atoms with E-state index in [0.29, 0.717) is 5.69 Å². The molecular weight excluding hydrogens is 288 g/mol. The fourth-order valence-corrected chi connectivity index (χ4v) is 1.77. The predicted molar refractivity (Wildman–Crippen MR) is 68.6 cm³/mol. The zero-order chi connectivity index (χ0) is 13.0. The maximum absolute atomic E-state index is 10.9. The fourth-order valence-electron chi connectivity index (χ4n) is 1.13. The molecule has 0 aromatic heterocycles. The van der Waals surface area contributed by atoms with Gasteiger partial charge in [0.1, 0.15) is 0 Å². The first-order valence-corrected chi connectivity index (χ1v) is 5.95. The van der Waals surface area contributed by atoms with Gasteiger partial charge < -0.3 is 15.5 Å². The second kappa shape index (κ2) is 6.31. The first-order chi connectivity index (χ1) is 7.95. The molecule has 0 amide bonds. The second-order valence-electron chi connectivity index (χ2n) is 3.31. The van der Waals surface area contributed by atoms with Crippen molar-refractivity contribution in [3.63, 3.8) is 0 Å². The molecule has 94 valence electrons. The van der Waals surface area contributed by atoms with Crippen LogP contribution in [0.3, 0.4) is 0 Å². The molecule has 0 heterocycles. The number of rotatable bonds is 5. The lowest BCUT2D eigenvalue weighted by Gasteiger charge is -2.12. The van der Waals surface area contributed by atoms with Gasteiger partial charge in [0.05, 0.1) is 33.3 Å². The van der Waals surface area contributed by atoms with Gasteiger partial charge >= 0.3 is 5.97 Å². The Morgan fingerprint density at radius 3 is 2.53 bits per heavy atom. The summed E-state index contributed by atoms with van der Waals surface area (Å²) < 4.78 is 0. The predicted octanol–water partition coefficient (Wildman–Crippen LogP) is 2.70. The van der Waals surface area contributed by atoms with Crippen LogP contribution in [0.5, 0.6) is 0 Å². The minimum Gasteiger partial charge on any atom is -0.478 e. The van der Waals surface area contributed by atoms with Crippen molar-refractivity contribution in [1.82, 2.24) is 0 Å². The lowest BCUT2D eigenvalue weighted by Crippen LogP contribution is -2.21. The van der Waals surface area contributed by atoms with Gasteiger partial charge in [0.2, 0.25) is 0 Å². The first kappa shape index (κ1) is 14.4. The van der Waals surface area contributed by atoms with E-state index in [1.807, 2.05) is 0 Å². The third-order valence-electron chi connectivity index (χ3n) is 1.99. The SMILES string of the molecule is O=C(O)c1cc(NCC(O)CCl)c(Cl)cc1Cl. The lowest BCUT2D eigenvalue weighted by molar-refractivity contribution is 0.0697. The van der Waals surface area contributed by atoms with Crippen molar-refractivity contribution in [1.29, 1.82) is 0 Å². The maximum Gasteiger partial charge on any atom is 0.337 e. The van der Waals surface area contributed by atoms with Crippen LogP contribution in [0.15, 0.2) is 12.1 Å². The van der Waals surface area contributed by atoms with Crippen LogP contribution in [0.4, 0.5) is 5.69 Å². The number of aliphatic hydroxyl groups excluding tert-OH is 1. The Balaban J connectivity index is 2.92. The third-order valence-corrected chi connectivity index (χ3v) is 2.98. The average molecular weight is 299 g/mol. The number of carboxylic acid groups (broad SMARTS) is 1. The van der Waals surface area contributed by atoms with E-state index in [4.69, 9.17) is 39.9 Å². The molecule has 1 atom stereocenters. The molecule has 0 aliphatic heterocycles. The number of carbonyl (C=O) groups is 1. The number of nitrogens with one attached hydrogen (secondary N) is 1. The van der Waals surface area contributed by atoms with E-state index in [9.17, 15) is 9.90 Å². The van der Waals surface area contributed by atoms with Gasteiger partial charge in [-0.05, 0) is 12.1 Å². The number of halogens is 3. The van der Waals surface area contributed by atoms with Gasteiger partial charge in [0.15, 0.2) is 0 Å². The van der Waals surface area contributed by atoms with Crippen LogP contribution in [0.1, 0.15) is 10.4 Å². The monoisotopic (exact) mass is 297 g/mol. The van der Waals surface area contributed by atoms with Crippen LogP contribution in [0.25, 0.3) is 0 Å². The van der Waals surface area contributed by atoms with E-state index in [0.717, 1.165) is 0 Å². The average Bonchev–Trinajstić information content (AvgIpc) is 2.26. The van der Waals surface area contributed by atoms with Gasteiger partial charge in [-0.2, -0.15) is 0 Å². The highest BCUT2D eigenvalue weighted by Crippen LogP contribution is 2.29. The van der Waals surface area contributed by atoms with Crippen molar-refractivity contribution in [3.05, 3.63) is 27.7 Å². The lowest BCUT2D eigenvalue weighted by atomic mass is 10.2. The molecule has 0 saturated carbocycles. The number of hydrogen-bond donors (Lipinski definition) is 3. The Morgan fingerprint density at radius 2 is 2.00 bits per heavy atom. The second-order valence-corrected chi connectivity index (χ2v) is 4.43. The topological polar surface area (TPSA) is 69.6 Å². The van der Waals surface area contributed by atoms with E-state index in [2.05, 4.69) is 5.32 Å². The molecule has 0 saturated heterocycles. The summed E-state index contributed by atoms with van der Waals surface area (Å²) in [6.07, 6.45) is -0.739. The van der Waals surface area contributed by atoms with Crippen LogP contribution in [-0.4, -0.2) is 34.7 Å². The molecule has 0 aliphatic rings. The Bertz CT molecular complexity index is 426. The molecular formula is C10H10Cl3NO3. The summed E-state index contributed by atoms with van der Waals surface area (Å²) in [6.45, 7) is 0.171. The van der Waals surface area contributed by atoms with Crippen molar-refractivity contribution in [2.45, 2.75) is 6.10 Å². The molecule has 0 bridgehead atoms. The molecule has 1 unspecified atom stereocenters. The fraction of sp³-hybridized carbons (Fsp3) is 0.300. The van der Waals surface area contributed by atoms with Gasteiger partial charge in [0.25, 0.3) is 0 Å². The minimum absolute atomic E-state index is 0.0565. The molecule has 1 aromatic rings. The quantitative estimate of drug-likeness (QED) is 0.731. The molecule has 3 N–H and O–H groups in total. The van der Waals surface area contributed by atoms with Crippen molar-refractivity contribution in [3.8, 4) is 0 Å². The maximum atomic E-state index is 10.9. The summed E-state index contributed by atoms with van der Waals surface area (Å²) in [5.74, 6) is -1.07. The van der Waals surface area contributed by atoms with Gasteiger partial charge in [-0.15, -0.1) is 11.6 Å². The summed E-state index contributed by atoms with van der Waals surface area (Å²) in [5, 5.41) is 21.3. The van der Waals surface area contributed by atoms with Crippen LogP contribution >= 0.6 is 34.8 Å². The van der Waals surface area contributed by atoms with E-state index < -0.39 is 12.1 Å². The standard InChI is InChI=1S/C10H10Cl3NO3/c11-3-5(15)4-14-9-1-6(10(16)17)7(12)2-8(9)13/h1-2,5,14-15H,3-4H2,(H,16,17). The molecule has 7 heteroatoms. The smallest absolute Gasteiger partial charge is 0.337 e. The molecule has 0 radical (unpaired) electrons. The number of carboxylic acids is 1. The number of benzene rings is 1. The summed E-state index contributed by atoms with van der Waals surface area (Å²) in [5.41, 5.74) is 0.330. The van der Waals surface area contributed by atoms with E-state index in [-0.39, 0.29) is 28.0 Å². The molecule has 0 fully saturated rings. The summed E-state index contributed by atoms with van der Waals surface area (Å²) >= 11 is 17.0. The third kappa shape index (κ3) is 3.92. The molecule has 1 aromatic carbocycles. The van der Waals surface area contributed by atoms with E-state index in [1.165, 1.54) is 12.1 Å². The van der Waals surface area contributed by atoms with Crippen LogP contribution in [-0.2, 0) is 0 Å². The summed E-state index contributed by atoms with van der Waals surface area (Å²) in [4.78, 5) is 10.9. The zero-order valence-electron chi connectivity index (χ0n) is 8.58. The molecule has 17 heavy (non-hydrogen) atoms. The van der Waals surface area contributed by atoms with Crippen molar-refractivity contribution in [2.75, 3.05) is 17.7 Å². The molecule has 1 rings (SSSR count). The number of aliphatic hydroxyl groups is 1. The Hall–Kier alpha value is -0.680. The van der Waals surface area contributed by atoms with Crippen LogP contribution in [0.2, 0.25) is 10.0 Å². The van der Waals surface area contributed by atoms with Crippen molar-refractivity contribution >= 4 is 46.5 Å². The van der Waals surface area contributed by atoms with Crippen LogP contribution in [0, 0.1) is 0 Å². The van der Waals surface area contributed by atoms with E-state index in [1.54, 1.807) is 0 Å². The van der Waals surface area contributed by atoms with Crippen molar-refractivity contribution in [2.24, 2.45) is 0 Å². The highest BCUT2D eigenvalue weighted by Gasteiger charge is 2.13. The van der Waals surface area contributed by atoms with Crippen LogP contribution < -0.4 is 5.32 Å². The van der Waals surface area contributed by atoms with Gasteiger partial charge in [0, 0.05) is 6.54 Å². The number of alkyl halides is 1. The highest BCUT2D eigenvalue weighted by atomic mass is 35.5. The van der Waals surface area contributed by atoms with Gasteiger partial charge in [-0.25, -0.2) is 4.79 Å². The largest absolute Gasteiger partial charge is 0.478 e. The molecule has 4 nitrogen and oxygen atoms in total. The number of hydrogen-bond acceptors (Lipinski definition) is 3. The summed E-state index contributed by atoms with van der Waals surface area (Å²) in [7, 11) is 0. The summed E-state index contributed by atoms with van der Waals surface area (Å²) in [6, 6.07) is 2.65. The first-order valence-electron chi connectivity index (χ1n) is 4.66. The number of anilines is 1. The molecule has 0 aliphatic carbocycles. The Morgan fingerprint density at radius 1 is 1.35 bits per heavy atom. The molecule has 0 spiro atoms. The van der Waals surface area contributed by atoms with Gasteiger partial charge in [-0.1, -0.05) is 23.2 Å². The Kier molecular flexibility index (Phi) is 5.33. The van der Waals surface area contributed by atoms with E-state index >= 15 is 0 Å². The van der Waals surface area contributed by atoms with Crippen molar-refractivity contribution < 1.29 is 15.0 Å². The Labute approximate surface area is 113 Å². The van der Waals surface area contributed by atoms with Gasteiger partial charge in [-0.3, -0.25) is 0 Å². The number of aromatic carboxylic acids is 1.